The van der Waals surface area contributed by atoms with Gasteiger partial charge in [0.05, 0.1) is 0 Å². The van der Waals surface area contributed by atoms with Crippen molar-refractivity contribution in [3.05, 3.63) is 5.82 Å². The van der Waals surface area contributed by atoms with Crippen LogP contribution < -0.4 is 15.5 Å². The van der Waals surface area contributed by atoms with Gasteiger partial charge in [-0.3, -0.25) is 9.79 Å². The minimum atomic E-state index is 0. The molecule has 2 fully saturated rings. The molecular weight excluding hydrogens is 477 g/mol. The first kappa shape index (κ1) is 22.1. The Hall–Kier alpha value is -1.17. The number of nitrogens with one attached hydrogen (secondary N) is 2. The number of anilines is 1. The molecule has 2 aliphatic rings. The number of piperazine rings is 1. The van der Waals surface area contributed by atoms with Crippen molar-refractivity contribution in [2.45, 2.75) is 45.1 Å². The average molecular weight is 507 g/mol. The van der Waals surface area contributed by atoms with E-state index in [4.69, 9.17) is 0 Å². The maximum atomic E-state index is 11.7. The Morgan fingerprint density at radius 1 is 1.30 bits per heavy atom. The zero-order valence-electron chi connectivity index (χ0n) is 16.1. The molecule has 1 saturated heterocycles. The summed E-state index contributed by atoms with van der Waals surface area (Å²) < 4.78 is 4.37. The van der Waals surface area contributed by atoms with Gasteiger partial charge in [0.15, 0.2) is 5.96 Å². The van der Waals surface area contributed by atoms with Gasteiger partial charge in [0.2, 0.25) is 11.0 Å². The van der Waals surface area contributed by atoms with E-state index in [0.29, 0.717) is 12.5 Å². The molecule has 10 heteroatoms. The first-order chi connectivity index (χ1) is 12.7. The molecule has 0 atom stereocenters. The molecule has 0 bridgehead atoms. The van der Waals surface area contributed by atoms with Gasteiger partial charge in [-0.1, -0.05) is 6.92 Å². The Kier molecular flexibility index (Phi) is 9.00. The largest absolute Gasteiger partial charge is 0.356 e. The van der Waals surface area contributed by atoms with Gasteiger partial charge in [-0.2, -0.15) is 4.37 Å². The van der Waals surface area contributed by atoms with E-state index >= 15 is 0 Å². The van der Waals surface area contributed by atoms with Crippen molar-refractivity contribution in [1.29, 1.82) is 0 Å². The molecule has 1 aromatic rings. The van der Waals surface area contributed by atoms with Crippen LogP contribution in [-0.4, -0.2) is 71.9 Å². The van der Waals surface area contributed by atoms with Crippen LogP contribution in [0.15, 0.2) is 4.99 Å². The highest BCUT2D eigenvalue weighted by atomic mass is 127. The van der Waals surface area contributed by atoms with Crippen LogP contribution in [0.1, 0.15) is 38.4 Å². The Bertz CT molecular complexity index is 627. The number of carbonyl (C=O) groups is 1. The number of aryl methyl sites for hydroxylation is 1. The highest BCUT2D eigenvalue weighted by molar-refractivity contribution is 14.0. The number of aliphatic imine (C=N–C) groups is 1. The van der Waals surface area contributed by atoms with Gasteiger partial charge in [-0.15, -0.1) is 24.0 Å². The van der Waals surface area contributed by atoms with Crippen LogP contribution in [0.3, 0.4) is 0 Å². The van der Waals surface area contributed by atoms with E-state index in [1.54, 1.807) is 0 Å². The SMILES string of the molecule is CCc1nsc(N2CCN(C(=NC)NCCCC(=O)NC3CC3)CC2)n1.I. The van der Waals surface area contributed by atoms with Crippen molar-refractivity contribution in [1.82, 2.24) is 24.9 Å². The van der Waals surface area contributed by atoms with Crippen LogP contribution in [0, 0.1) is 0 Å². The minimum absolute atomic E-state index is 0. The van der Waals surface area contributed by atoms with Gasteiger partial charge in [0.25, 0.3) is 0 Å². The summed E-state index contributed by atoms with van der Waals surface area (Å²) in [5.41, 5.74) is 0. The zero-order valence-corrected chi connectivity index (χ0v) is 19.3. The summed E-state index contributed by atoms with van der Waals surface area (Å²) >= 11 is 1.49. The maximum Gasteiger partial charge on any atom is 0.220 e. The summed E-state index contributed by atoms with van der Waals surface area (Å²) in [4.78, 5) is 25.2. The quantitative estimate of drug-likeness (QED) is 0.252. The third-order valence-corrected chi connectivity index (χ3v) is 5.46. The fourth-order valence-electron chi connectivity index (χ4n) is 2.94. The van der Waals surface area contributed by atoms with Crippen molar-refractivity contribution < 1.29 is 4.79 Å². The normalized spacial score (nSPS) is 17.5. The van der Waals surface area contributed by atoms with E-state index in [1.165, 1.54) is 11.5 Å². The average Bonchev–Trinajstić information content (AvgIpc) is 3.34. The molecule has 1 aliphatic carbocycles. The Morgan fingerprint density at radius 3 is 2.63 bits per heavy atom. The lowest BCUT2D eigenvalue weighted by Gasteiger charge is -2.36. The van der Waals surface area contributed by atoms with Gasteiger partial charge in [0.1, 0.15) is 5.82 Å². The summed E-state index contributed by atoms with van der Waals surface area (Å²) in [6.07, 6.45) is 4.55. The zero-order chi connectivity index (χ0) is 18.4. The standard InChI is InChI=1S/C17H29N7OS.HI/c1-3-14-21-17(26-22-14)24-11-9-23(10-12-24)16(18-2)19-8-4-5-15(25)20-13-6-7-13;/h13H,3-12H2,1-2H3,(H,18,19)(H,20,25);1H. The molecule has 27 heavy (non-hydrogen) atoms. The number of guanidine groups is 1. The van der Waals surface area contributed by atoms with Crippen LogP contribution in [0.4, 0.5) is 5.13 Å². The van der Waals surface area contributed by atoms with Gasteiger partial charge in [-0.25, -0.2) is 4.98 Å². The summed E-state index contributed by atoms with van der Waals surface area (Å²) in [5, 5.41) is 7.43. The molecule has 0 unspecified atom stereocenters. The predicted octanol–water partition coefficient (Wildman–Crippen LogP) is 1.47. The number of hydrogen-bond acceptors (Lipinski definition) is 6. The van der Waals surface area contributed by atoms with Gasteiger partial charge in [-0.05, 0) is 19.3 Å². The van der Waals surface area contributed by atoms with Crippen molar-refractivity contribution in [3.63, 3.8) is 0 Å². The van der Waals surface area contributed by atoms with Gasteiger partial charge < -0.3 is 20.4 Å². The Labute approximate surface area is 182 Å². The topological polar surface area (TPSA) is 85.8 Å². The molecule has 3 rings (SSSR count). The first-order valence-corrected chi connectivity index (χ1v) is 10.3. The fourth-order valence-corrected chi connectivity index (χ4v) is 3.74. The smallest absolute Gasteiger partial charge is 0.220 e. The second kappa shape index (κ2) is 11.0. The Balaban J connectivity index is 0.00000261. The molecule has 8 nitrogen and oxygen atoms in total. The van der Waals surface area contributed by atoms with Gasteiger partial charge in [0, 0.05) is 70.2 Å². The number of carbonyl (C=O) groups excluding carboxylic acids is 1. The summed E-state index contributed by atoms with van der Waals surface area (Å²) in [6.45, 7) is 6.49. The van der Waals surface area contributed by atoms with Crippen LogP contribution in [0.2, 0.25) is 0 Å². The number of aromatic nitrogens is 2. The van der Waals surface area contributed by atoms with Crippen LogP contribution in [-0.2, 0) is 11.2 Å². The second-order valence-corrected chi connectivity index (χ2v) is 7.47. The van der Waals surface area contributed by atoms with Crippen molar-refractivity contribution in [2.75, 3.05) is 44.7 Å². The molecule has 0 aromatic carbocycles. The second-order valence-electron chi connectivity index (χ2n) is 6.74. The lowest BCUT2D eigenvalue weighted by atomic mass is 10.3. The van der Waals surface area contributed by atoms with Gasteiger partial charge >= 0.3 is 0 Å². The van der Waals surface area contributed by atoms with Crippen LogP contribution in [0.25, 0.3) is 0 Å². The van der Waals surface area contributed by atoms with Crippen molar-refractivity contribution >= 4 is 52.5 Å². The number of nitrogens with zero attached hydrogens (tertiary/aromatic N) is 5. The lowest BCUT2D eigenvalue weighted by Crippen LogP contribution is -2.52. The van der Waals surface area contributed by atoms with Crippen molar-refractivity contribution in [3.8, 4) is 0 Å². The van der Waals surface area contributed by atoms with E-state index in [2.05, 4.69) is 41.7 Å². The molecule has 152 valence electrons. The molecule has 0 spiro atoms. The molecule has 2 N–H and O–H groups in total. The molecule has 0 radical (unpaired) electrons. The van der Waals surface area contributed by atoms with E-state index in [1.807, 2.05) is 7.05 Å². The third kappa shape index (κ3) is 6.74. The number of rotatable bonds is 7. The molecule has 1 aromatic heterocycles. The van der Waals surface area contributed by atoms with Crippen molar-refractivity contribution in [2.24, 2.45) is 4.99 Å². The number of amides is 1. The maximum absolute atomic E-state index is 11.7. The summed E-state index contributed by atoms with van der Waals surface area (Å²) in [7, 11) is 1.81. The highest BCUT2D eigenvalue weighted by Crippen LogP contribution is 2.19. The first-order valence-electron chi connectivity index (χ1n) is 9.52. The van der Waals surface area contributed by atoms with E-state index in [9.17, 15) is 4.79 Å². The lowest BCUT2D eigenvalue weighted by molar-refractivity contribution is -0.121. The summed E-state index contributed by atoms with van der Waals surface area (Å²) in [5.74, 6) is 2.01. The van der Waals surface area contributed by atoms with E-state index in [-0.39, 0.29) is 29.9 Å². The number of halogens is 1. The van der Waals surface area contributed by atoms with E-state index < -0.39 is 0 Å². The minimum Gasteiger partial charge on any atom is -0.356 e. The van der Waals surface area contributed by atoms with Crippen LogP contribution >= 0.6 is 35.5 Å². The summed E-state index contributed by atoms with van der Waals surface area (Å²) in [6, 6.07) is 0.445. The molecule has 1 aliphatic heterocycles. The highest BCUT2D eigenvalue weighted by Gasteiger charge is 2.23. The third-order valence-electron chi connectivity index (χ3n) is 4.64. The molecule has 1 saturated carbocycles. The monoisotopic (exact) mass is 507 g/mol. The predicted molar refractivity (Wildman–Crippen MR) is 120 cm³/mol. The van der Waals surface area contributed by atoms with E-state index in [0.717, 1.165) is 75.3 Å². The Morgan fingerprint density at radius 2 is 2.04 bits per heavy atom. The number of hydrogen-bond donors (Lipinski definition) is 2. The molecule has 2 heterocycles. The molecule has 1 amide bonds. The van der Waals surface area contributed by atoms with Crippen LogP contribution in [0.5, 0.6) is 0 Å². The molecular formula is C17H30IN7OS. The fraction of sp³-hybridized carbons (Fsp3) is 0.765.